The van der Waals surface area contributed by atoms with Gasteiger partial charge in [-0.3, -0.25) is 4.79 Å². The third kappa shape index (κ3) is 3.45. The molecule has 1 saturated heterocycles. The van der Waals surface area contributed by atoms with Gasteiger partial charge in [0.1, 0.15) is 5.69 Å². The summed E-state index contributed by atoms with van der Waals surface area (Å²) < 4.78 is 2.10. The number of hydrogen-bond donors (Lipinski definition) is 1. The Kier molecular flexibility index (Phi) is 5.44. The van der Waals surface area contributed by atoms with Crippen molar-refractivity contribution in [3.63, 3.8) is 0 Å². The molecular formula is C27H31N5O2. The van der Waals surface area contributed by atoms with Crippen molar-refractivity contribution >= 4 is 5.91 Å². The lowest BCUT2D eigenvalue weighted by atomic mass is 9.66. The van der Waals surface area contributed by atoms with Crippen LogP contribution in [0.25, 0.3) is 11.5 Å². The number of hydrogen-bond acceptors (Lipinski definition) is 5. The van der Waals surface area contributed by atoms with E-state index in [0.717, 1.165) is 68.4 Å². The van der Waals surface area contributed by atoms with E-state index in [1.807, 2.05) is 35.2 Å². The van der Waals surface area contributed by atoms with E-state index < -0.39 is 5.60 Å². The number of likely N-dealkylation sites (tertiary alicyclic amines) is 1. The summed E-state index contributed by atoms with van der Waals surface area (Å²) in [7, 11) is 0. The normalized spacial score (nSPS) is 26.6. The first-order valence-corrected chi connectivity index (χ1v) is 12.6. The molecule has 34 heavy (non-hydrogen) atoms. The maximum absolute atomic E-state index is 14.0. The predicted octanol–water partition coefficient (Wildman–Crippen LogP) is 3.97. The molecule has 1 amide bonds. The molecule has 3 aromatic rings. The highest BCUT2D eigenvalue weighted by Crippen LogP contribution is 2.47. The molecule has 2 aromatic heterocycles. The molecule has 0 spiro atoms. The molecule has 0 bridgehead atoms. The lowest BCUT2D eigenvalue weighted by Gasteiger charge is -2.52. The second-order valence-corrected chi connectivity index (χ2v) is 9.91. The summed E-state index contributed by atoms with van der Waals surface area (Å²) in [4.78, 5) is 29.7. The molecule has 4 heterocycles. The molecule has 176 valence electrons. The average Bonchev–Trinajstić information content (AvgIpc) is 3.30. The third-order valence-corrected chi connectivity index (χ3v) is 8.10. The van der Waals surface area contributed by atoms with Crippen molar-refractivity contribution in [2.75, 3.05) is 6.54 Å². The van der Waals surface area contributed by atoms with E-state index in [4.69, 9.17) is 4.98 Å². The average molecular weight is 458 g/mol. The summed E-state index contributed by atoms with van der Waals surface area (Å²) in [6, 6.07) is 11.8. The molecule has 7 nitrogen and oxygen atoms in total. The Hall–Kier alpha value is -3.06. The van der Waals surface area contributed by atoms with Crippen LogP contribution in [0.2, 0.25) is 0 Å². The smallest absolute Gasteiger partial charge is 0.290 e. The maximum atomic E-state index is 14.0. The molecule has 0 radical (unpaired) electrons. The summed E-state index contributed by atoms with van der Waals surface area (Å²) in [6.45, 7) is 1.33. The van der Waals surface area contributed by atoms with Gasteiger partial charge in [0.2, 0.25) is 0 Å². The van der Waals surface area contributed by atoms with E-state index in [0.29, 0.717) is 24.6 Å². The Morgan fingerprint density at radius 1 is 0.971 bits per heavy atom. The number of amides is 1. The molecule has 1 saturated carbocycles. The van der Waals surface area contributed by atoms with Crippen LogP contribution in [0.4, 0.5) is 0 Å². The van der Waals surface area contributed by atoms with Gasteiger partial charge in [0.05, 0.1) is 5.60 Å². The van der Waals surface area contributed by atoms with E-state index >= 15 is 0 Å². The minimum absolute atomic E-state index is 0.0163. The van der Waals surface area contributed by atoms with Crippen molar-refractivity contribution in [3.8, 4) is 11.5 Å². The quantitative estimate of drug-likeness (QED) is 0.643. The zero-order valence-corrected chi connectivity index (χ0v) is 19.4. The number of aliphatic hydroxyl groups is 1. The largest absolute Gasteiger partial charge is 0.385 e. The van der Waals surface area contributed by atoms with Gasteiger partial charge < -0.3 is 14.6 Å². The number of imidazole rings is 1. The molecule has 3 atom stereocenters. The van der Waals surface area contributed by atoms with Crippen molar-refractivity contribution < 1.29 is 9.90 Å². The van der Waals surface area contributed by atoms with Gasteiger partial charge in [-0.25, -0.2) is 15.0 Å². The molecule has 1 N–H and O–H groups in total. The van der Waals surface area contributed by atoms with Gasteiger partial charge in [0.15, 0.2) is 11.6 Å². The van der Waals surface area contributed by atoms with Crippen LogP contribution in [0, 0.1) is 5.92 Å². The van der Waals surface area contributed by atoms with Crippen LogP contribution in [0.15, 0.2) is 48.8 Å². The van der Waals surface area contributed by atoms with Gasteiger partial charge in [-0.05, 0) is 50.2 Å². The SMILES string of the molecule is O=C(c1nc(-c2ncccn2)c2n1CCCC2)N1CCC(O)(c2ccccc2)[C@H]2CCCC[C@H]21. The van der Waals surface area contributed by atoms with Gasteiger partial charge in [-0.1, -0.05) is 43.2 Å². The molecule has 3 aliphatic rings. The molecule has 1 unspecified atom stereocenters. The highest BCUT2D eigenvalue weighted by atomic mass is 16.3. The Morgan fingerprint density at radius 3 is 2.59 bits per heavy atom. The topological polar surface area (TPSA) is 84.1 Å². The fourth-order valence-corrected chi connectivity index (χ4v) is 6.46. The number of benzene rings is 1. The number of rotatable bonds is 3. The van der Waals surface area contributed by atoms with Crippen LogP contribution in [0.3, 0.4) is 0 Å². The minimum Gasteiger partial charge on any atom is -0.385 e. The Balaban J connectivity index is 1.36. The number of fused-ring (bicyclic) bond motifs is 2. The van der Waals surface area contributed by atoms with Gasteiger partial charge in [-0.15, -0.1) is 0 Å². The van der Waals surface area contributed by atoms with Crippen molar-refractivity contribution in [1.82, 2.24) is 24.4 Å². The highest BCUT2D eigenvalue weighted by Gasteiger charge is 2.51. The van der Waals surface area contributed by atoms with Crippen molar-refractivity contribution in [1.29, 1.82) is 0 Å². The molecular weight excluding hydrogens is 426 g/mol. The van der Waals surface area contributed by atoms with Gasteiger partial charge in [0, 0.05) is 43.1 Å². The predicted molar refractivity (Wildman–Crippen MR) is 128 cm³/mol. The zero-order valence-electron chi connectivity index (χ0n) is 19.4. The van der Waals surface area contributed by atoms with Crippen LogP contribution in [-0.4, -0.2) is 48.0 Å². The number of piperidine rings is 1. The van der Waals surface area contributed by atoms with E-state index in [-0.39, 0.29) is 17.9 Å². The standard InChI is InChI=1S/C27H31N5O2/c33-26(25-30-23(24-28-15-8-16-29-24)22-13-6-7-17-31(22)25)32-18-14-27(34,19-9-2-1-3-10-19)20-11-4-5-12-21(20)32/h1-3,8-10,15-16,20-21,34H,4-7,11-14,17-18H2/t20-,21+,27?/m0/s1. The number of carbonyl (C=O) groups excluding carboxylic acids is 1. The second kappa shape index (κ2) is 8.62. The van der Waals surface area contributed by atoms with Crippen LogP contribution < -0.4 is 0 Å². The molecule has 7 heteroatoms. The van der Waals surface area contributed by atoms with E-state index in [9.17, 15) is 9.90 Å². The van der Waals surface area contributed by atoms with E-state index in [2.05, 4.69) is 14.5 Å². The second-order valence-electron chi connectivity index (χ2n) is 9.91. The Morgan fingerprint density at radius 2 is 1.76 bits per heavy atom. The minimum atomic E-state index is -0.891. The van der Waals surface area contributed by atoms with Gasteiger partial charge >= 0.3 is 0 Å². The third-order valence-electron chi connectivity index (χ3n) is 8.10. The molecule has 2 fully saturated rings. The number of nitrogens with zero attached hydrogens (tertiary/aromatic N) is 5. The van der Waals surface area contributed by atoms with Crippen molar-refractivity contribution in [2.24, 2.45) is 5.92 Å². The fourth-order valence-electron chi connectivity index (χ4n) is 6.46. The zero-order chi connectivity index (χ0) is 23.1. The highest BCUT2D eigenvalue weighted by molar-refractivity contribution is 5.92. The fraction of sp³-hybridized carbons (Fsp3) is 0.481. The summed E-state index contributed by atoms with van der Waals surface area (Å²) in [5, 5.41) is 11.9. The first-order valence-electron chi connectivity index (χ1n) is 12.6. The summed E-state index contributed by atoms with van der Waals surface area (Å²) in [5.74, 6) is 1.11. The molecule has 2 aliphatic heterocycles. The molecule has 6 rings (SSSR count). The Bertz CT molecular complexity index is 1180. The summed E-state index contributed by atoms with van der Waals surface area (Å²) in [6.07, 6.45) is 11.0. The van der Waals surface area contributed by atoms with Crippen LogP contribution in [0.5, 0.6) is 0 Å². The van der Waals surface area contributed by atoms with Crippen molar-refractivity contribution in [2.45, 2.75) is 69.6 Å². The first-order chi connectivity index (χ1) is 16.7. The van der Waals surface area contributed by atoms with Crippen LogP contribution in [0.1, 0.15) is 66.8 Å². The van der Waals surface area contributed by atoms with Crippen LogP contribution >= 0.6 is 0 Å². The number of aromatic nitrogens is 4. The monoisotopic (exact) mass is 457 g/mol. The lowest BCUT2D eigenvalue weighted by molar-refractivity contribution is -0.110. The summed E-state index contributed by atoms with van der Waals surface area (Å²) >= 11 is 0. The van der Waals surface area contributed by atoms with E-state index in [1.165, 1.54) is 0 Å². The summed E-state index contributed by atoms with van der Waals surface area (Å²) in [5.41, 5.74) is 1.89. The van der Waals surface area contributed by atoms with E-state index in [1.54, 1.807) is 18.5 Å². The van der Waals surface area contributed by atoms with Crippen molar-refractivity contribution in [3.05, 3.63) is 65.9 Å². The van der Waals surface area contributed by atoms with Gasteiger partial charge in [0.25, 0.3) is 5.91 Å². The Labute approximate surface area is 199 Å². The number of carbonyl (C=O) groups is 1. The maximum Gasteiger partial charge on any atom is 0.290 e. The van der Waals surface area contributed by atoms with Gasteiger partial charge in [-0.2, -0.15) is 0 Å². The lowest BCUT2D eigenvalue weighted by Crippen LogP contribution is -2.59. The first kappa shape index (κ1) is 21.5. The molecule has 1 aliphatic carbocycles. The van der Waals surface area contributed by atoms with Crippen LogP contribution in [-0.2, 0) is 18.6 Å². The molecule has 1 aromatic carbocycles.